The fourth-order valence-electron chi connectivity index (χ4n) is 8.17. The number of pyridine rings is 1. The van der Waals surface area contributed by atoms with E-state index in [9.17, 15) is 18.4 Å². The van der Waals surface area contributed by atoms with Crippen LogP contribution in [0.4, 0.5) is 17.1 Å². The number of aryl methyl sites for hydroxylation is 1. The fourth-order valence-corrected chi connectivity index (χ4v) is 9.08. The van der Waals surface area contributed by atoms with E-state index >= 15 is 0 Å². The molecule has 16 heteroatoms. The van der Waals surface area contributed by atoms with E-state index < -0.39 is 10.0 Å². The molecule has 4 heterocycles. The van der Waals surface area contributed by atoms with Crippen molar-refractivity contribution in [3.8, 4) is 11.5 Å². The van der Waals surface area contributed by atoms with Gasteiger partial charge in [0.05, 0.1) is 22.5 Å². The molecule has 0 spiro atoms. The molecule has 1 aliphatic carbocycles. The third-order valence-electron chi connectivity index (χ3n) is 11.9. The van der Waals surface area contributed by atoms with Crippen LogP contribution in [0.15, 0.2) is 95.7 Å². The van der Waals surface area contributed by atoms with Gasteiger partial charge in [-0.2, -0.15) is 0 Å². The second kappa shape index (κ2) is 22.0. The summed E-state index contributed by atoms with van der Waals surface area (Å²) in [5.74, 6) is 2.11. The van der Waals surface area contributed by atoms with Crippen molar-refractivity contribution < 1.29 is 33.0 Å². The molecule has 0 atom stereocenters. The summed E-state index contributed by atoms with van der Waals surface area (Å²) in [7, 11) is -2.91. The van der Waals surface area contributed by atoms with Crippen molar-refractivity contribution in [3.63, 3.8) is 0 Å². The molecule has 1 amide bonds. The molecule has 5 aromatic rings. The zero-order valence-electron chi connectivity index (χ0n) is 36.5. The quantitative estimate of drug-likeness (QED) is 0.0491. The normalized spacial score (nSPS) is 16.9. The number of sulfonamides is 1. The van der Waals surface area contributed by atoms with Gasteiger partial charge in [0.1, 0.15) is 17.1 Å². The number of hydrogen-bond donors (Lipinski definition) is 6. The number of anilines is 3. The van der Waals surface area contributed by atoms with Crippen molar-refractivity contribution in [1.82, 2.24) is 19.6 Å². The van der Waals surface area contributed by atoms with Gasteiger partial charge < -0.3 is 29.8 Å². The molecule has 63 heavy (non-hydrogen) atoms. The standard InChI is InChI=1S/C33H37ClN4O.C13H19N3O5S.CH4O/c1-23-4-9-28(19-31(23)39-29-18-25-11-13-35-32(25)36-21-29)38-16-14-37(15-17-38)22-26-10-12-33(2,3)20-30(26)24-5-7-27(34)8-6-24;17-9-15-22(19,20)11-1-2-12(13(7-11)16-18)14-8-10-3-5-21-6-4-10;1-2/h4-9,11,13,18-19,21H,10,12,14-17,20,22H2,1-3H3,(H,35,36);1-2,7,9-10,14,16,18H,3-6,8H2,(H,15,17);2H,1H3. The Labute approximate surface area is 375 Å². The summed E-state index contributed by atoms with van der Waals surface area (Å²) >= 11 is 6.20. The summed E-state index contributed by atoms with van der Waals surface area (Å²) in [5.41, 5.74) is 10.8. The molecule has 2 fully saturated rings. The van der Waals surface area contributed by atoms with Crippen molar-refractivity contribution in [1.29, 1.82) is 0 Å². The van der Waals surface area contributed by atoms with Gasteiger partial charge in [0.15, 0.2) is 0 Å². The van der Waals surface area contributed by atoms with E-state index in [1.807, 2.05) is 35.9 Å². The molecule has 3 aliphatic rings. The first-order valence-corrected chi connectivity index (χ1v) is 23.2. The number of aliphatic hydroxyl groups is 1. The number of carbonyl (C=O) groups is 1. The number of aromatic amines is 1. The maximum Gasteiger partial charge on any atom is 0.263 e. The predicted octanol–water partition coefficient (Wildman–Crippen LogP) is 8.47. The summed E-state index contributed by atoms with van der Waals surface area (Å²) in [4.78, 5) is 22.9. The first kappa shape index (κ1) is 47.3. The highest BCUT2D eigenvalue weighted by Gasteiger charge is 2.29. The third-order valence-corrected chi connectivity index (χ3v) is 13.4. The van der Waals surface area contributed by atoms with Crippen LogP contribution in [-0.2, 0) is 19.6 Å². The van der Waals surface area contributed by atoms with E-state index in [0.29, 0.717) is 23.6 Å². The molecule has 2 aromatic heterocycles. The summed E-state index contributed by atoms with van der Waals surface area (Å²) in [6.45, 7) is 14.3. The van der Waals surface area contributed by atoms with Gasteiger partial charge in [0.2, 0.25) is 6.41 Å². The largest absolute Gasteiger partial charge is 0.455 e. The van der Waals surface area contributed by atoms with Gasteiger partial charge in [-0.3, -0.25) is 25.1 Å². The Morgan fingerprint density at radius 3 is 2.44 bits per heavy atom. The summed E-state index contributed by atoms with van der Waals surface area (Å²) in [5, 5.41) is 21.2. The molecule has 6 N–H and O–H groups in total. The third kappa shape index (κ3) is 12.7. The average molecular weight is 903 g/mol. The number of allylic oxidation sites excluding steroid dienone is 1. The van der Waals surface area contributed by atoms with Crippen LogP contribution in [0.3, 0.4) is 0 Å². The van der Waals surface area contributed by atoms with E-state index in [2.05, 4.69) is 76.2 Å². The number of aliphatic hydroxyl groups excluding tert-OH is 1. The van der Waals surface area contributed by atoms with Crippen LogP contribution in [0.1, 0.15) is 57.1 Å². The molecule has 0 unspecified atom stereocenters. The lowest BCUT2D eigenvalue weighted by molar-refractivity contribution is -0.108. The maximum atomic E-state index is 11.7. The molecule has 0 radical (unpaired) electrons. The molecular weight excluding hydrogens is 842 g/mol. The minimum Gasteiger partial charge on any atom is -0.455 e. The Kier molecular flexibility index (Phi) is 16.5. The number of piperazine rings is 1. The Morgan fingerprint density at radius 1 is 0.984 bits per heavy atom. The monoisotopic (exact) mass is 901 g/mol. The number of benzene rings is 3. The van der Waals surface area contributed by atoms with Gasteiger partial charge in [-0.1, -0.05) is 49.2 Å². The molecule has 2 aliphatic heterocycles. The zero-order valence-corrected chi connectivity index (χ0v) is 38.1. The van der Waals surface area contributed by atoms with Gasteiger partial charge in [-0.05, 0) is 116 Å². The summed E-state index contributed by atoms with van der Waals surface area (Å²) in [6, 6.07) is 23.2. The van der Waals surface area contributed by atoms with E-state index in [-0.39, 0.29) is 17.0 Å². The Morgan fingerprint density at radius 2 is 1.73 bits per heavy atom. The highest BCUT2D eigenvalue weighted by Crippen LogP contribution is 2.43. The highest BCUT2D eigenvalue weighted by molar-refractivity contribution is 7.90. The minimum atomic E-state index is -3.91. The van der Waals surface area contributed by atoms with Crippen molar-refractivity contribution in [2.75, 3.05) is 75.3 Å². The van der Waals surface area contributed by atoms with Crippen molar-refractivity contribution in [2.45, 2.75) is 57.8 Å². The van der Waals surface area contributed by atoms with Crippen molar-refractivity contribution in [3.05, 3.63) is 107 Å². The van der Waals surface area contributed by atoms with Crippen LogP contribution < -0.4 is 25.2 Å². The molecule has 3 aromatic carbocycles. The molecule has 0 saturated carbocycles. The number of aromatic nitrogens is 2. The predicted molar refractivity (Wildman–Crippen MR) is 250 cm³/mol. The lowest BCUT2D eigenvalue weighted by atomic mass is 9.72. The number of H-pyrrole nitrogens is 1. The van der Waals surface area contributed by atoms with Crippen LogP contribution in [-0.4, -0.2) is 99.6 Å². The number of nitrogens with one attached hydrogen (secondary N) is 4. The van der Waals surface area contributed by atoms with Gasteiger partial charge in [0, 0.05) is 88.0 Å². The minimum absolute atomic E-state index is 0.0959. The van der Waals surface area contributed by atoms with Crippen molar-refractivity contribution >= 4 is 61.7 Å². The van der Waals surface area contributed by atoms with Crippen LogP contribution in [0.25, 0.3) is 16.6 Å². The Bertz CT molecular complexity index is 2430. The first-order chi connectivity index (χ1) is 30.4. The smallest absolute Gasteiger partial charge is 0.263 e. The SMILES string of the molecule is CO.Cc1ccc(N2CCN(CC3=C(c4ccc(Cl)cc4)CC(C)(C)CC3)CC2)cc1Oc1cnc2[nH]ccc2c1.O=CNS(=O)(=O)c1ccc(NCC2CCOCC2)c(NO)c1. The fraction of sp³-hybridized carbons (Fsp3) is 0.404. The second-order valence-corrected chi connectivity index (χ2v) is 19.0. The van der Waals surface area contributed by atoms with E-state index in [4.69, 9.17) is 26.2 Å². The number of hydrogen-bond acceptors (Lipinski definition) is 12. The lowest BCUT2D eigenvalue weighted by Crippen LogP contribution is -2.47. The zero-order chi connectivity index (χ0) is 45.0. The average Bonchev–Trinajstić information content (AvgIpc) is 3.77. The van der Waals surface area contributed by atoms with E-state index in [1.165, 1.54) is 47.9 Å². The lowest BCUT2D eigenvalue weighted by Gasteiger charge is -2.39. The summed E-state index contributed by atoms with van der Waals surface area (Å²) < 4.78 is 36.8. The molecule has 0 bridgehead atoms. The number of nitrogens with zero attached hydrogens (tertiary/aromatic N) is 3. The van der Waals surface area contributed by atoms with Gasteiger partial charge >= 0.3 is 0 Å². The van der Waals surface area contributed by atoms with Crippen LogP contribution in [0, 0.1) is 18.3 Å². The number of fused-ring (bicyclic) bond motifs is 1. The molecule has 14 nitrogen and oxygen atoms in total. The van der Waals surface area contributed by atoms with Gasteiger partial charge in [-0.25, -0.2) is 13.4 Å². The number of amides is 1. The topological polar surface area (TPSA) is 181 Å². The number of rotatable bonds is 13. The van der Waals surface area contributed by atoms with Gasteiger partial charge in [0.25, 0.3) is 10.0 Å². The maximum absolute atomic E-state index is 11.7. The summed E-state index contributed by atoms with van der Waals surface area (Å²) in [6.07, 6.45) is 9.25. The van der Waals surface area contributed by atoms with E-state index in [1.54, 1.807) is 16.5 Å². The first-order valence-electron chi connectivity index (χ1n) is 21.3. The Balaban J connectivity index is 0.000000234. The highest BCUT2D eigenvalue weighted by atomic mass is 35.5. The molecule has 2 saturated heterocycles. The molecule has 338 valence electrons. The van der Waals surface area contributed by atoms with Crippen LogP contribution in [0.2, 0.25) is 5.02 Å². The van der Waals surface area contributed by atoms with Crippen LogP contribution >= 0.6 is 11.6 Å². The Hall–Kier alpha value is -5.16. The van der Waals surface area contributed by atoms with Crippen LogP contribution in [0.5, 0.6) is 11.5 Å². The van der Waals surface area contributed by atoms with Gasteiger partial charge in [-0.15, -0.1) is 0 Å². The number of carbonyl (C=O) groups excluding carboxylic acids is 1. The number of ether oxygens (including phenoxy) is 2. The van der Waals surface area contributed by atoms with E-state index in [0.717, 1.165) is 105 Å². The van der Waals surface area contributed by atoms with Crippen molar-refractivity contribution in [2.24, 2.45) is 11.3 Å². The molecular formula is C47H60ClN7O7S. The number of halogens is 1. The molecule has 8 rings (SSSR count). The second-order valence-electron chi connectivity index (χ2n) is 16.8.